The van der Waals surface area contributed by atoms with Gasteiger partial charge in [0.2, 0.25) is 0 Å². The van der Waals surface area contributed by atoms with Crippen molar-refractivity contribution in [1.82, 2.24) is 5.32 Å². The Morgan fingerprint density at radius 1 is 0.812 bits per heavy atom. The summed E-state index contributed by atoms with van der Waals surface area (Å²) in [7, 11) is 0. The number of fused-ring (bicyclic) bond motifs is 1. The SMILES string of the molecule is c1ccc([C@H]2Cc3ccccc3CN2)cc1. The summed E-state index contributed by atoms with van der Waals surface area (Å²) in [6.45, 7) is 0.982. The van der Waals surface area contributed by atoms with Gasteiger partial charge in [-0.15, -0.1) is 0 Å². The molecule has 0 radical (unpaired) electrons. The van der Waals surface area contributed by atoms with Crippen molar-refractivity contribution in [2.24, 2.45) is 0 Å². The fourth-order valence-electron chi connectivity index (χ4n) is 2.38. The predicted molar refractivity (Wildman–Crippen MR) is 66.2 cm³/mol. The Bertz CT molecular complexity index is 476. The molecule has 3 rings (SSSR count). The third-order valence-corrected chi connectivity index (χ3v) is 3.28. The molecule has 0 spiro atoms. The first kappa shape index (κ1) is 9.61. The standard InChI is InChI=1S/C15H15N/c1-2-6-12(7-3-1)15-10-13-8-4-5-9-14(13)11-16-15/h1-9,15-16H,10-11H2/t15-/m1/s1. The minimum Gasteiger partial charge on any atom is -0.306 e. The van der Waals surface area contributed by atoms with Gasteiger partial charge in [-0.2, -0.15) is 0 Å². The first-order chi connectivity index (χ1) is 7.93. The summed E-state index contributed by atoms with van der Waals surface area (Å²) in [4.78, 5) is 0. The summed E-state index contributed by atoms with van der Waals surface area (Å²) < 4.78 is 0. The second kappa shape index (κ2) is 4.11. The summed E-state index contributed by atoms with van der Waals surface area (Å²) in [5, 5.41) is 3.59. The van der Waals surface area contributed by atoms with Crippen LogP contribution in [0.25, 0.3) is 0 Å². The summed E-state index contributed by atoms with van der Waals surface area (Å²) in [6, 6.07) is 19.9. The predicted octanol–water partition coefficient (Wildman–Crippen LogP) is 3.07. The molecule has 1 heterocycles. The number of nitrogens with one attached hydrogen (secondary N) is 1. The molecule has 0 aromatic heterocycles. The molecule has 0 saturated carbocycles. The van der Waals surface area contributed by atoms with E-state index in [1.54, 1.807) is 0 Å². The molecule has 1 atom stereocenters. The zero-order valence-electron chi connectivity index (χ0n) is 9.19. The van der Waals surface area contributed by atoms with Crippen molar-refractivity contribution < 1.29 is 0 Å². The van der Waals surface area contributed by atoms with Crippen molar-refractivity contribution >= 4 is 0 Å². The van der Waals surface area contributed by atoms with E-state index >= 15 is 0 Å². The molecule has 2 aromatic carbocycles. The van der Waals surface area contributed by atoms with Gasteiger partial charge in [0, 0.05) is 12.6 Å². The van der Waals surface area contributed by atoms with E-state index in [1.807, 2.05) is 0 Å². The van der Waals surface area contributed by atoms with Crippen LogP contribution in [-0.4, -0.2) is 0 Å². The summed E-state index contributed by atoms with van der Waals surface area (Å²) >= 11 is 0. The number of hydrogen-bond donors (Lipinski definition) is 1. The van der Waals surface area contributed by atoms with Crippen LogP contribution in [0.1, 0.15) is 22.7 Å². The van der Waals surface area contributed by atoms with Crippen LogP contribution < -0.4 is 5.32 Å². The first-order valence-electron chi connectivity index (χ1n) is 5.78. The lowest BCUT2D eigenvalue weighted by atomic mass is 9.92. The van der Waals surface area contributed by atoms with E-state index in [0.717, 1.165) is 13.0 Å². The average Bonchev–Trinajstić information content (AvgIpc) is 2.39. The van der Waals surface area contributed by atoms with Crippen molar-refractivity contribution in [2.75, 3.05) is 0 Å². The fraction of sp³-hybridized carbons (Fsp3) is 0.200. The molecule has 1 heteroatoms. The van der Waals surface area contributed by atoms with Crippen LogP contribution in [0.3, 0.4) is 0 Å². The smallest absolute Gasteiger partial charge is 0.0363 e. The van der Waals surface area contributed by atoms with Crippen molar-refractivity contribution in [2.45, 2.75) is 19.0 Å². The highest BCUT2D eigenvalue weighted by molar-refractivity contribution is 5.32. The van der Waals surface area contributed by atoms with Crippen molar-refractivity contribution in [3.05, 3.63) is 71.3 Å². The van der Waals surface area contributed by atoms with Crippen molar-refractivity contribution in [3.8, 4) is 0 Å². The van der Waals surface area contributed by atoms with E-state index in [2.05, 4.69) is 59.9 Å². The van der Waals surface area contributed by atoms with Crippen molar-refractivity contribution in [3.63, 3.8) is 0 Å². The highest BCUT2D eigenvalue weighted by Crippen LogP contribution is 2.25. The highest BCUT2D eigenvalue weighted by Gasteiger charge is 2.18. The minimum absolute atomic E-state index is 0.469. The average molecular weight is 209 g/mol. The molecule has 0 amide bonds. The Labute approximate surface area is 96.1 Å². The zero-order chi connectivity index (χ0) is 10.8. The minimum atomic E-state index is 0.469. The molecule has 0 unspecified atom stereocenters. The molecule has 0 bridgehead atoms. The molecule has 0 fully saturated rings. The molecule has 0 aliphatic carbocycles. The Balaban J connectivity index is 1.89. The molecule has 16 heavy (non-hydrogen) atoms. The van der Waals surface area contributed by atoms with Gasteiger partial charge < -0.3 is 5.32 Å². The largest absolute Gasteiger partial charge is 0.306 e. The Hall–Kier alpha value is -1.60. The van der Waals surface area contributed by atoms with E-state index in [0.29, 0.717) is 6.04 Å². The molecule has 1 aliphatic heterocycles. The summed E-state index contributed by atoms with van der Waals surface area (Å²) in [5.41, 5.74) is 4.31. The van der Waals surface area contributed by atoms with Gasteiger partial charge in [0.25, 0.3) is 0 Å². The summed E-state index contributed by atoms with van der Waals surface area (Å²) in [6.07, 6.45) is 1.10. The molecule has 80 valence electrons. The van der Waals surface area contributed by atoms with Gasteiger partial charge in [0.15, 0.2) is 0 Å². The maximum absolute atomic E-state index is 3.59. The molecule has 1 N–H and O–H groups in total. The van der Waals surface area contributed by atoms with Crippen molar-refractivity contribution in [1.29, 1.82) is 0 Å². The maximum Gasteiger partial charge on any atom is 0.0363 e. The Kier molecular flexibility index (Phi) is 2.47. The lowest BCUT2D eigenvalue weighted by molar-refractivity contribution is 0.499. The fourth-order valence-corrected chi connectivity index (χ4v) is 2.38. The number of rotatable bonds is 1. The highest BCUT2D eigenvalue weighted by atomic mass is 14.9. The normalized spacial score (nSPS) is 19.1. The van der Waals surface area contributed by atoms with Crippen LogP contribution in [0.5, 0.6) is 0 Å². The van der Waals surface area contributed by atoms with Gasteiger partial charge in [-0.1, -0.05) is 54.6 Å². The maximum atomic E-state index is 3.59. The third-order valence-electron chi connectivity index (χ3n) is 3.28. The lowest BCUT2D eigenvalue weighted by Crippen LogP contribution is -2.28. The molecule has 2 aromatic rings. The van der Waals surface area contributed by atoms with Crippen LogP contribution in [0.15, 0.2) is 54.6 Å². The Morgan fingerprint density at radius 3 is 2.31 bits per heavy atom. The monoisotopic (exact) mass is 209 g/mol. The van der Waals surface area contributed by atoms with Crippen LogP contribution in [0, 0.1) is 0 Å². The van der Waals surface area contributed by atoms with Gasteiger partial charge in [-0.25, -0.2) is 0 Å². The molecule has 0 saturated heterocycles. The van der Waals surface area contributed by atoms with Gasteiger partial charge in [0.1, 0.15) is 0 Å². The number of benzene rings is 2. The molecular weight excluding hydrogens is 194 g/mol. The van der Waals surface area contributed by atoms with E-state index in [-0.39, 0.29) is 0 Å². The first-order valence-corrected chi connectivity index (χ1v) is 5.78. The van der Waals surface area contributed by atoms with Crippen LogP contribution in [0.4, 0.5) is 0 Å². The van der Waals surface area contributed by atoms with Gasteiger partial charge in [-0.3, -0.25) is 0 Å². The van der Waals surface area contributed by atoms with Crippen LogP contribution in [-0.2, 0) is 13.0 Å². The van der Waals surface area contributed by atoms with Gasteiger partial charge in [-0.05, 0) is 23.1 Å². The quantitative estimate of drug-likeness (QED) is 0.761. The zero-order valence-corrected chi connectivity index (χ0v) is 9.19. The van der Waals surface area contributed by atoms with E-state index in [9.17, 15) is 0 Å². The lowest BCUT2D eigenvalue weighted by Gasteiger charge is -2.26. The number of hydrogen-bond acceptors (Lipinski definition) is 1. The molecular formula is C15H15N. The molecule has 1 nitrogen and oxygen atoms in total. The van der Waals surface area contributed by atoms with Gasteiger partial charge >= 0.3 is 0 Å². The topological polar surface area (TPSA) is 12.0 Å². The Morgan fingerprint density at radius 2 is 1.50 bits per heavy atom. The second-order valence-corrected chi connectivity index (χ2v) is 4.32. The van der Waals surface area contributed by atoms with E-state index in [1.165, 1.54) is 16.7 Å². The summed E-state index contributed by atoms with van der Waals surface area (Å²) in [5.74, 6) is 0. The molecule has 1 aliphatic rings. The second-order valence-electron chi connectivity index (χ2n) is 4.32. The van der Waals surface area contributed by atoms with E-state index < -0.39 is 0 Å². The third kappa shape index (κ3) is 1.74. The van der Waals surface area contributed by atoms with Crippen LogP contribution in [0.2, 0.25) is 0 Å². The van der Waals surface area contributed by atoms with Gasteiger partial charge in [0.05, 0.1) is 0 Å². The van der Waals surface area contributed by atoms with Crippen LogP contribution >= 0.6 is 0 Å². The van der Waals surface area contributed by atoms with E-state index in [4.69, 9.17) is 0 Å².